The van der Waals surface area contributed by atoms with E-state index in [2.05, 4.69) is 15.7 Å². The summed E-state index contributed by atoms with van der Waals surface area (Å²) in [5.74, 6) is -0.367. The number of anilines is 2. The fraction of sp³-hybridized carbons (Fsp3) is 0.182. The Labute approximate surface area is 178 Å². The highest BCUT2D eigenvalue weighted by atomic mass is 35.5. The molecule has 30 heavy (non-hydrogen) atoms. The minimum atomic E-state index is -0.226. The second-order valence-electron chi connectivity index (χ2n) is 6.70. The van der Waals surface area contributed by atoms with Crippen LogP contribution in [0.3, 0.4) is 0 Å². The van der Waals surface area contributed by atoms with E-state index in [4.69, 9.17) is 11.6 Å². The SMILES string of the molecule is CC(=O)Nc1cccc(NC(=O)CCCn2nc(-c3ccc(Cl)cc3)ccc2=O)c1. The van der Waals surface area contributed by atoms with E-state index in [1.54, 1.807) is 42.5 Å². The number of aryl methyl sites for hydroxylation is 1. The standard InChI is InChI=1S/C22H21ClN4O3/c1-15(28)24-18-4-2-5-19(14-18)25-21(29)6-3-13-27-22(30)12-11-20(26-27)16-7-9-17(23)10-8-16/h2,4-5,7-12,14H,3,6,13H2,1H3,(H,24,28)(H,25,29). The predicted octanol–water partition coefficient (Wildman–Crippen LogP) is 3.94. The van der Waals surface area contributed by atoms with Crippen LogP contribution in [0.4, 0.5) is 11.4 Å². The van der Waals surface area contributed by atoms with Gasteiger partial charge in [-0.3, -0.25) is 14.4 Å². The third kappa shape index (κ3) is 6.02. The summed E-state index contributed by atoms with van der Waals surface area (Å²) in [6.45, 7) is 1.74. The van der Waals surface area contributed by atoms with Crippen LogP contribution < -0.4 is 16.2 Å². The smallest absolute Gasteiger partial charge is 0.266 e. The molecule has 2 N–H and O–H groups in total. The van der Waals surface area contributed by atoms with Gasteiger partial charge < -0.3 is 10.6 Å². The molecule has 0 atom stereocenters. The van der Waals surface area contributed by atoms with E-state index < -0.39 is 0 Å². The van der Waals surface area contributed by atoms with Crippen LogP contribution in [0.25, 0.3) is 11.3 Å². The average Bonchev–Trinajstić information content (AvgIpc) is 2.70. The van der Waals surface area contributed by atoms with Crippen LogP contribution in [-0.4, -0.2) is 21.6 Å². The largest absolute Gasteiger partial charge is 0.326 e. The summed E-state index contributed by atoms with van der Waals surface area (Å²) in [6.07, 6.45) is 0.678. The van der Waals surface area contributed by atoms with Crippen LogP contribution in [0, 0.1) is 0 Å². The Morgan fingerprint density at radius 3 is 2.40 bits per heavy atom. The minimum absolute atomic E-state index is 0.183. The van der Waals surface area contributed by atoms with E-state index >= 15 is 0 Å². The zero-order chi connectivity index (χ0) is 21.5. The number of carbonyl (C=O) groups excluding carboxylic acids is 2. The van der Waals surface area contributed by atoms with Gasteiger partial charge in [0.25, 0.3) is 5.56 Å². The molecule has 0 aliphatic rings. The molecule has 0 aliphatic carbocycles. The Bertz CT molecular complexity index is 1110. The molecule has 2 aromatic carbocycles. The summed E-state index contributed by atoms with van der Waals surface area (Å²) in [5, 5.41) is 10.5. The van der Waals surface area contributed by atoms with Gasteiger partial charge >= 0.3 is 0 Å². The van der Waals surface area contributed by atoms with Gasteiger partial charge in [0.15, 0.2) is 0 Å². The highest BCUT2D eigenvalue weighted by molar-refractivity contribution is 6.30. The molecule has 1 heterocycles. The van der Waals surface area contributed by atoms with Crippen molar-refractivity contribution in [2.24, 2.45) is 0 Å². The molecule has 154 valence electrons. The number of carbonyl (C=O) groups is 2. The molecule has 0 radical (unpaired) electrons. The van der Waals surface area contributed by atoms with Crippen molar-refractivity contribution in [1.82, 2.24) is 9.78 Å². The topological polar surface area (TPSA) is 93.1 Å². The lowest BCUT2D eigenvalue weighted by atomic mass is 10.1. The van der Waals surface area contributed by atoms with Gasteiger partial charge in [-0.05, 0) is 42.8 Å². The average molecular weight is 425 g/mol. The Morgan fingerprint density at radius 2 is 1.70 bits per heavy atom. The van der Waals surface area contributed by atoms with Crippen molar-refractivity contribution >= 4 is 34.8 Å². The minimum Gasteiger partial charge on any atom is -0.326 e. The molecular formula is C22H21ClN4O3. The highest BCUT2D eigenvalue weighted by Crippen LogP contribution is 2.18. The number of amides is 2. The first-order chi connectivity index (χ1) is 14.4. The molecule has 0 saturated heterocycles. The normalized spacial score (nSPS) is 10.5. The number of aromatic nitrogens is 2. The highest BCUT2D eigenvalue weighted by Gasteiger charge is 2.07. The van der Waals surface area contributed by atoms with Crippen LogP contribution in [0.2, 0.25) is 5.02 Å². The van der Waals surface area contributed by atoms with Crippen LogP contribution in [0.1, 0.15) is 19.8 Å². The number of hydrogen-bond acceptors (Lipinski definition) is 4. The molecule has 2 amide bonds. The van der Waals surface area contributed by atoms with E-state index in [0.717, 1.165) is 5.56 Å². The number of nitrogens with one attached hydrogen (secondary N) is 2. The number of benzene rings is 2. The molecule has 0 fully saturated rings. The molecule has 1 aromatic heterocycles. The van der Waals surface area contributed by atoms with E-state index in [-0.39, 0.29) is 23.8 Å². The second kappa shape index (κ2) is 9.84. The van der Waals surface area contributed by atoms with Crippen molar-refractivity contribution < 1.29 is 9.59 Å². The molecule has 0 bridgehead atoms. The molecule has 0 saturated carbocycles. The lowest BCUT2D eigenvalue weighted by Crippen LogP contribution is -2.23. The van der Waals surface area contributed by atoms with Crippen molar-refractivity contribution in [2.75, 3.05) is 10.6 Å². The Kier molecular flexibility index (Phi) is 6.98. The summed E-state index contributed by atoms with van der Waals surface area (Å²) in [4.78, 5) is 35.5. The molecule has 0 spiro atoms. The van der Waals surface area contributed by atoms with Gasteiger partial charge in [-0.1, -0.05) is 29.8 Å². The van der Waals surface area contributed by atoms with Crippen LogP contribution in [0.5, 0.6) is 0 Å². The van der Waals surface area contributed by atoms with Crippen LogP contribution in [0.15, 0.2) is 65.5 Å². The quantitative estimate of drug-likeness (QED) is 0.600. The van der Waals surface area contributed by atoms with E-state index in [1.165, 1.54) is 17.7 Å². The van der Waals surface area contributed by atoms with Crippen LogP contribution >= 0.6 is 11.6 Å². The summed E-state index contributed by atoms with van der Waals surface area (Å²) < 4.78 is 1.36. The first kappa shape index (κ1) is 21.3. The zero-order valence-corrected chi connectivity index (χ0v) is 17.1. The van der Waals surface area contributed by atoms with Crippen molar-refractivity contribution in [1.29, 1.82) is 0 Å². The Balaban J connectivity index is 1.58. The third-order valence-electron chi connectivity index (χ3n) is 4.25. The van der Waals surface area contributed by atoms with E-state index in [0.29, 0.717) is 35.1 Å². The van der Waals surface area contributed by atoms with Gasteiger partial charge in [-0.15, -0.1) is 0 Å². The van der Waals surface area contributed by atoms with Gasteiger partial charge in [0.05, 0.1) is 5.69 Å². The number of hydrogen-bond donors (Lipinski definition) is 2. The van der Waals surface area contributed by atoms with Crippen LogP contribution in [-0.2, 0) is 16.1 Å². The summed E-state index contributed by atoms with van der Waals surface area (Å²) in [6, 6.07) is 17.2. The number of nitrogens with zero attached hydrogens (tertiary/aromatic N) is 2. The molecule has 0 aliphatic heterocycles. The molecule has 8 heteroatoms. The fourth-order valence-electron chi connectivity index (χ4n) is 2.87. The summed E-state index contributed by atoms with van der Waals surface area (Å²) in [5.41, 5.74) is 2.48. The Morgan fingerprint density at radius 1 is 1.00 bits per heavy atom. The summed E-state index contributed by atoms with van der Waals surface area (Å²) >= 11 is 5.91. The first-order valence-corrected chi connectivity index (χ1v) is 9.80. The van der Waals surface area contributed by atoms with E-state index in [9.17, 15) is 14.4 Å². The lowest BCUT2D eigenvalue weighted by Gasteiger charge is -2.09. The molecule has 3 aromatic rings. The number of rotatable bonds is 7. The van der Waals surface area contributed by atoms with Crippen molar-refractivity contribution in [3.05, 3.63) is 76.0 Å². The molecular weight excluding hydrogens is 404 g/mol. The zero-order valence-electron chi connectivity index (χ0n) is 16.4. The van der Waals surface area contributed by atoms with Gasteiger partial charge in [0.1, 0.15) is 0 Å². The van der Waals surface area contributed by atoms with Gasteiger partial charge in [0, 0.05) is 47.9 Å². The molecule has 0 unspecified atom stereocenters. The summed E-state index contributed by atoms with van der Waals surface area (Å²) in [7, 11) is 0. The monoisotopic (exact) mass is 424 g/mol. The Hall–Kier alpha value is -3.45. The maximum atomic E-state index is 12.2. The first-order valence-electron chi connectivity index (χ1n) is 9.42. The second-order valence-corrected chi connectivity index (χ2v) is 7.14. The molecule has 3 rings (SSSR count). The van der Waals surface area contributed by atoms with Crippen molar-refractivity contribution in [3.8, 4) is 11.3 Å². The maximum Gasteiger partial charge on any atom is 0.266 e. The van der Waals surface area contributed by atoms with Gasteiger partial charge in [0.2, 0.25) is 11.8 Å². The molecule has 7 nitrogen and oxygen atoms in total. The fourth-order valence-corrected chi connectivity index (χ4v) is 3.00. The van der Waals surface area contributed by atoms with Gasteiger partial charge in [-0.25, -0.2) is 4.68 Å². The lowest BCUT2D eigenvalue weighted by molar-refractivity contribution is -0.116. The predicted molar refractivity (Wildman–Crippen MR) is 118 cm³/mol. The van der Waals surface area contributed by atoms with Gasteiger partial charge in [-0.2, -0.15) is 5.10 Å². The number of halogens is 1. The maximum absolute atomic E-state index is 12.2. The van der Waals surface area contributed by atoms with Crippen molar-refractivity contribution in [3.63, 3.8) is 0 Å². The third-order valence-corrected chi connectivity index (χ3v) is 4.50. The van der Waals surface area contributed by atoms with E-state index in [1.807, 2.05) is 12.1 Å². The van der Waals surface area contributed by atoms with Crippen molar-refractivity contribution in [2.45, 2.75) is 26.3 Å².